The lowest BCUT2D eigenvalue weighted by atomic mass is 9.85. The average molecular weight is 861 g/mol. The zero-order chi connectivity index (χ0) is 43.4. The molecule has 1 aromatic carbocycles. The van der Waals surface area contributed by atoms with E-state index in [4.69, 9.17) is 24.2 Å². The highest BCUT2D eigenvalue weighted by molar-refractivity contribution is 7.91. The lowest BCUT2D eigenvalue weighted by Gasteiger charge is -2.36. The number of ether oxygens (including phenoxy) is 3. The van der Waals surface area contributed by atoms with Gasteiger partial charge in [0.15, 0.2) is 0 Å². The summed E-state index contributed by atoms with van der Waals surface area (Å²) in [6.07, 6.45) is 1.77. The van der Waals surface area contributed by atoms with Crippen molar-refractivity contribution in [3.63, 3.8) is 0 Å². The Bertz CT molecular complexity index is 2110. The molecule has 2 bridgehead atoms. The number of hydrogen-bond acceptors (Lipinski definition) is 11. The molecule has 2 aliphatic heterocycles. The molecule has 8 unspecified atom stereocenters. The van der Waals surface area contributed by atoms with Crippen LogP contribution in [0.2, 0.25) is 0 Å². The topological polar surface area (TPSA) is 195 Å². The first-order valence-corrected chi connectivity index (χ1v) is 22.7. The Hall–Kier alpha value is -4.35. The Morgan fingerprint density at radius 2 is 1.77 bits per heavy atom. The van der Waals surface area contributed by atoms with Gasteiger partial charge in [-0.2, -0.15) is 0 Å². The summed E-state index contributed by atoms with van der Waals surface area (Å²) in [5.74, 6) is -4.35. The van der Waals surface area contributed by atoms with E-state index >= 15 is 0 Å². The van der Waals surface area contributed by atoms with Crippen LogP contribution in [0.3, 0.4) is 0 Å². The number of nitrogens with zero attached hydrogens (tertiary/aromatic N) is 3. The number of aryl methyl sites for hydroxylation is 1. The predicted octanol–water partition coefficient (Wildman–Crippen LogP) is 5.19. The molecule has 18 heteroatoms. The third kappa shape index (κ3) is 8.58. The third-order valence-electron chi connectivity index (χ3n) is 13.4. The van der Waals surface area contributed by atoms with Gasteiger partial charge in [-0.1, -0.05) is 40.5 Å². The Balaban J connectivity index is 1.28. The summed E-state index contributed by atoms with van der Waals surface area (Å²) >= 11 is 0. The molecule has 2 aromatic rings. The summed E-state index contributed by atoms with van der Waals surface area (Å²) in [5, 5.41) is 5.33. The van der Waals surface area contributed by atoms with Gasteiger partial charge in [-0.3, -0.25) is 19.1 Å². The molecule has 3 aliphatic carbocycles. The lowest BCUT2D eigenvalue weighted by Crippen LogP contribution is -2.61. The van der Waals surface area contributed by atoms with Gasteiger partial charge in [-0.05, 0) is 94.6 Å². The maximum absolute atomic E-state index is 15.0. The Kier molecular flexibility index (Phi) is 12.0. The number of rotatable bonds is 8. The Morgan fingerprint density at radius 1 is 1.03 bits per heavy atom. The first kappa shape index (κ1) is 43.7. The monoisotopic (exact) mass is 860 g/mol. The first-order chi connectivity index (χ1) is 28.3. The van der Waals surface area contributed by atoms with Crippen molar-refractivity contribution in [1.82, 2.24) is 30.2 Å². The number of carbonyl (C=O) groups excluding carboxylic acids is 4. The van der Waals surface area contributed by atoms with E-state index in [-0.39, 0.29) is 30.9 Å². The number of sulfonamides is 1. The van der Waals surface area contributed by atoms with Gasteiger partial charge >= 0.3 is 6.09 Å². The van der Waals surface area contributed by atoms with Crippen LogP contribution in [0.15, 0.2) is 18.2 Å². The van der Waals surface area contributed by atoms with E-state index in [0.29, 0.717) is 48.2 Å². The third-order valence-corrected chi connectivity index (χ3v) is 15.6. The minimum Gasteiger partial charge on any atom is -0.497 e. The summed E-state index contributed by atoms with van der Waals surface area (Å²) in [6, 6.07) is 2.73. The van der Waals surface area contributed by atoms with Crippen LogP contribution in [0.4, 0.5) is 13.6 Å². The van der Waals surface area contributed by atoms with Crippen LogP contribution in [0.25, 0.3) is 11.0 Å². The SMILES string of the molecule is CCC1C2CN(C(=O)C(C(C)(C)C)NC(=O)OC3CCCC3CCCCCc3nc4ccc(OC)cc4nc3O2)C1C(=O)NC1(C(=O)NS(=O)(=O)C2(C)CC2)CC1C(F)F. The molecule has 60 heavy (non-hydrogen) atoms. The fourth-order valence-corrected chi connectivity index (χ4v) is 10.5. The minimum absolute atomic E-state index is 0.164. The number of alkyl carbamates (subject to hydrolysis) is 1. The molecule has 330 valence electrons. The number of methoxy groups -OCH3 is 1. The van der Waals surface area contributed by atoms with Crippen LogP contribution in [0, 0.1) is 23.2 Å². The van der Waals surface area contributed by atoms with Crippen LogP contribution in [-0.4, -0.2) is 102 Å². The molecule has 0 spiro atoms. The van der Waals surface area contributed by atoms with Crippen molar-refractivity contribution in [3.8, 4) is 11.6 Å². The van der Waals surface area contributed by atoms with Crippen LogP contribution >= 0.6 is 0 Å². The number of alkyl halides is 2. The number of benzene rings is 1. The second-order valence-electron chi connectivity index (χ2n) is 18.7. The molecule has 3 N–H and O–H groups in total. The number of hydrogen-bond donors (Lipinski definition) is 3. The van der Waals surface area contributed by atoms with Crippen LogP contribution in [0.5, 0.6) is 11.6 Å². The highest BCUT2D eigenvalue weighted by atomic mass is 32.2. The van der Waals surface area contributed by atoms with Crippen molar-refractivity contribution in [2.45, 2.75) is 153 Å². The molecule has 3 heterocycles. The van der Waals surface area contributed by atoms with Crippen molar-refractivity contribution < 1.29 is 50.6 Å². The standard InChI is InChI=1S/C42H58F2N6O9S/c1-7-25-31-22-50(32(25)35(51)48-42(21-26(42)34(43)44)38(53)49-60(55,56)41(5)18-19-41)37(52)33(40(2,3)4)47-39(54)59-30-15-11-13-23(30)12-9-8-10-14-28-36(58-31)46-29-20-24(57-6)16-17-27(29)45-28/h16-17,20,23,25-26,30-34H,7-15,18-19,21-22H2,1-6H3,(H,47,54)(H,48,51)(H,49,53). The molecule has 15 nitrogen and oxygen atoms in total. The van der Waals surface area contributed by atoms with Gasteiger partial charge in [0.2, 0.25) is 34.1 Å². The van der Waals surface area contributed by atoms with E-state index in [1.165, 1.54) is 11.8 Å². The molecule has 5 aliphatic rings. The number of amides is 4. The van der Waals surface area contributed by atoms with Crippen LogP contribution in [-0.2, 0) is 35.6 Å². The van der Waals surface area contributed by atoms with Gasteiger partial charge < -0.3 is 29.7 Å². The molecular weight excluding hydrogens is 803 g/mol. The fourth-order valence-electron chi connectivity index (χ4n) is 9.23. The lowest BCUT2D eigenvalue weighted by molar-refractivity contribution is -0.144. The normalized spacial score (nSPS) is 30.8. The number of aromatic nitrogens is 2. The average Bonchev–Trinajstić information content (AvgIpc) is 4.03. The second-order valence-corrected chi connectivity index (χ2v) is 20.9. The molecule has 4 fully saturated rings. The predicted molar refractivity (Wildman–Crippen MR) is 216 cm³/mol. The molecule has 3 saturated carbocycles. The summed E-state index contributed by atoms with van der Waals surface area (Å²) in [7, 11) is -2.71. The maximum atomic E-state index is 15.0. The molecule has 4 amide bonds. The van der Waals surface area contributed by atoms with E-state index < -0.39 is 92.4 Å². The van der Waals surface area contributed by atoms with Gasteiger partial charge in [0.25, 0.3) is 5.91 Å². The van der Waals surface area contributed by atoms with Crippen molar-refractivity contribution in [2.75, 3.05) is 13.7 Å². The van der Waals surface area contributed by atoms with Gasteiger partial charge in [0.05, 0.1) is 35.4 Å². The largest absolute Gasteiger partial charge is 0.497 e. The van der Waals surface area contributed by atoms with Gasteiger partial charge in [0.1, 0.15) is 41.3 Å². The highest BCUT2D eigenvalue weighted by Crippen LogP contribution is 2.50. The molecule has 1 saturated heterocycles. The second kappa shape index (κ2) is 16.5. The van der Waals surface area contributed by atoms with E-state index in [2.05, 4.69) is 10.6 Å². The van der Waals surface area contributed by atoms with Crippen LogP contribution in [0.1, 0.15) is 111 Å². The number of carbonyl (C=O) groups is 4. The molecule has 7 rings (SSSR count). The van der Waals surface area contributed by atoms with Crippen LogP contribution < -0.4 is 24.8 Å². The summed E-state index contributed by atoms with van der Waals surface area (Å²) in [6.45, 7) is 8.36. The smallest absolute Gasteiger partial charge is 0.408 e. The maximum Gasteiger partial charge on any atom is 0.408 e. The molecule has 1 aromatic heterocycles. The zero-order valence-corrected chi connectivity index (χ0v) is 36.0. The molecule has 0 radical (unpaired) electrons. The fraction of sp³-hybridized carbons (Fsp3) is 0.714. The van der Waals surface area contributed by atoms with Gasteiger partial charge in [-0.15, -0.1) is 0 Å². The van der Waals surface area contributed by atoms with E-state index in [1.54, 1.807) is 46.9 Å². The zero-order valence-electron chi connectivity index (χ0n) is 35.2. The Morgan fingerprint density at radius 3 is 2.42 bits per heavy atom. The minimum atomic E-state index is -4.25. The Labute approximate surface area is 349 Å². The van der Waals surface area contributed by atoms with Gasteiger partial charge in [0, 0.05) is 12.0 Å². The number of halogens is 2. The number of fused-ring (bicyclic) bond motifs is 5. The van der Waals surface area contributed by atoms with E-state index in [9.17, 15) is 36.4 Å². The van der Waals surface area contributed by atoms with Crippen molar-refractivity contribution in [3.05, 3.63) is 23.9 Å². The van der Waals surface area contributed by atoms with E-state index in [1.807, 2.05) is 10.8 Å². The quantitative estimate of drug-likeness (QED) is 0.316. The van der Waals surface area contributed by atoms with Crippen molar-refractivity contribution in [1.29, 1.82) is 0 Å². The summed E-state index contributed by atoms with van der Waals surface area (Å²) in [5.41, 5.74) is -1.44. The molecule has 8 atom stereocenters. The summed E-state index contributed by atoms with van der Waals surface area (Å²) < 4.78 is 73.9. The van der Waals surface area contributed by atoms with Gasteiger partial charge in [-0.25, -0.2) is 32.0 Å². The molecular formula is C42H58F2N6O9S. The number of nitrogens with one attached hydrogen (secondary N) is 3. The van der Waals surface area contributed by atoms with Crippen molar-refractivity contribution >= 4 is 44.9 Å². The van der Waals surface area contributed by atoms with Crippen molar-refractivity contribution in [2.24, 2.45) is 23.2 Å². The highest BCUT2D eigenvalue weighted by Gasteiger charge is 2.68. The van der Waals surface area contributed by atoms with E-state index in [0.717, 1.165) is 38.5 Å². The summed E-state index contributed by atoms with van der Waals surface area (Å²) in [4.78, 5) is 68.2. The first-order valence-electron chi connectivity index (χ1n) is 21.3.